The number of oxazole rings is 1. The van der Waals surface area contributed by atoms with Crippen LogP contribution in [0.2, 0.25) is 0 Å². The molecule has 0 aliphatic carbocycles. The van der Waals surface area contributed by atoms with E-state index < -0.39 is 0 Å². The van der Waals surface area contributed by atoms with Gasteiger partial charge >= 0.3 is 0 Å². The monoisotopic (exact) mass is 503 g/mol. The van der Waals surface area contributed by atoms with Crippen molar-refractivity contribution in [2.75, 3.05) is 45.7 Å². The lowest BCUT2D eigenvalue weighted by molar-refractivity contribution is -0.114. The number of nitrogens with zero attached hydrogens (tertiary/aromatic N) is 3. The maximum atomic E-state index is 12.9. The standard InChI is InChI=1S/C19H19N5O3.C8H10O2/c1-12(25)22-15-10-13(18-23-17-16(27-18)3-2-4-21-17)9-14(11-15)19(26)24-7-5-20-6-8-24;1-9-7-5-3-4-6-8(7)10-2/h2-4,9-11,20H,5-8H2,1H3,(H,22,25);3-6H,1-2H3. The summed E-state index contributed by atoms with van der Waals surface area (Å²) in [6, 6.07) is 16.2. The van der Waals surface area contributed by atoms with Gasteiger partial charge in [0.25, 0.3) is 5.91 Å². The third-order valence-electron chi connectivity index (χ3n) is 5.61. The highest BCUT2D eigenvalue weighted by atomic mass is 16.5. The molecule has 4 aromatic rings. The minimum absolute atomic E-state index is 0.0841. The number of carbonyl (C=O) groups is 2. The molecule has 5 rings (SSSR count). The normalized spacial score (nSPS) is 12.9. The quantitative estimate of drug-likeness (QED) is 0.424. The van der Waals surface area contributed by atoms with Gasteiger partial charge in [0.2, 0.25) is 11.8 Å². The molecule has 192 valence electrons. The Kier molecular flexibility index (Phi) is 8.32. The van der Waals surface area contributed by atoms with Gasteiger partial charge in [-0.05, 0) is 42.5 Å². The van der Waals surface area contributed by atoms with Crippen LogP contribution in [0, 0.1) is 0 Å². The lowest BCUT2D eigenvalue weighted by atomic mass is 10.1. The van der Waals surface area contributed by atoms with Gasteiger partial charge in [-0.1, -0.05) is 12.1 Å². The molecule has 0 spiro atoms. The summed E-state index contributed by atoms with van der Waals surface area (Å²) in [6.45, 7) is 4.24. The number of hydrogen-bond donors (Lipinski definition) is 2. The molecule has 1 fully saturated rings. The molecular formula is C27H29N5O5. The maximum absolute atomic E-state index is 12.9. The summed E-state index contributed by atoms with van der Waals surface area (Å²) in [5.74, 6) is 1.59. The van der Waals surface area contributed by atoms with E-state index in [9.17, 15) is 9.59 Å². The second kappa shape index (κ2) is 12.0. The minimum atomic E-state index is -0.216. The van der Waals surface area contributed by atoms with Crippen LogP contribution >= 0.6 is 0 Å². The van der Waals surface area contributed by atoms with E-state index in [-0.39, 0.29) is 11.8 Å². The van der Waals surface area contributed by atoms with Gasteiger partial charge in [-0.25, -0.2) is 4.98 Å². The number of hydrogen-bond acceptors (Lipinski definition) is 8. The van der Waals surface area contributed by atoms with E-state index in [1.165, 1.54) is 6.92 Å². The third kappa shape index (κ3) is 6.42. The summed E-state index contributed by atoms with van der Waals surface area (Å²) in [7, 11) is 3.25. The van der Waals surface area contributed by atoms with Gasteiger partial charge in [0.1, 0.15) is 0 Å². The van der Waals surface area contributed by atoms with Crippen LogP contribution in [0.1, 0.15) is 17.3 Å². The predicted octanol–water partition coefficient (Wildman–Crippen LogP) is 3.60. The van der Waals surface area contributed by atoms with Gasteiger partial charge in [0.05, 0.1) is 14.2 Å². The molecule has 0 atom stereocenters. The highest BCUT2D eigenvalue weighted by molar-refractivity contribution is 5.98. The van der Waals surface area contributed by atoms with Crippen LogP contribution in [0.15, 0.2) is 65.2 Å². The number of pyridine rings is 1. The largest absolute Gasteiger partial charge is 0.493 e. The van der Waals surface area contributed by atoms with Gasteiger partial charge < -0.3 is 29.4 Å². The zero-order valence-corrected chi connectivity index (χ0v) is 21.0. The van der Waals surface area contributed by atoms with E-state index in [4.69, 9.17) is 13.9 Å². The number of ether oxygens (including phenoxy) is 2. The van der Waals surface area contributed by atoms with Crippen molar-refractivity contribution in [3.05, 3.63) is 66.4 Å². The van der Waals surface area contributed by atoms with E-state index in [0.717, 1.165) is 24.6 Å². The highest BCUT2D eigenvalue weighted by Gasteiger charge is 2.20. The van der Waals surface area contributed by atoms with Crippen LogP contribution in [0.25, 0.3) is 22.7 Å². The molecule has 1 saturated heterocycles. The number of rotatable bonds is 5. The molecule has 1 aliphatic rings. The van der Waals surface area contributed by atoms with Crippen LogP contribution in [-0.4, -0.2) is 67.1 Å². The van der Waals surface area contributed by atoms with E-state index in [0.29, 0.717) is 47.0 Å². The number of aromatic nitrogens is 2. The average molecular weight is 504 g/mol. The fraction of sp³-hybridized carbons (Fsp3) is 0.259. The number of amides is 2. The Morgan fingerprint density at radius 2 is 1.70 bits per heavy atom. The zero-order valence-electron chi connectivity index (χ0n) is 21.0. The van der Waals surface area contributed by atoms with Gasteiger partial charge in [-0.2, -0.15) is 4.98 Å². The Hall–Kier alpha value is -4.44. The summed E-state index contributed by atoms with van der Waals surface area (Å²) in [6.07, 6.45) is 1.64. The van der Waals surface area contributed by atoms with Crippen molar-refractivity contribution in [2.24, 2.45) is 0 Å². The minimum Gasteiger partial charge on any atom is -0.493 e. The van der Waals surface area contributed by atoms with Crippen LogP contribution in [-0.2, 0) is 4.79 Å². The molecule has 10 heteroatoms. The van der Waals surface area contributed by atoms with Gasteiger partial charge in [0.15, 0.2) is 22.7 Å². The van der Waals surface area contributed by atoms with Crippen LogP contribution in [0.5, 0.6) is 11.5 Å². The Morgan fingerprint density at radius 1 is 1.00 bits per heavy atom. The van der Waals surface area contributed by atoms with Gasteiger partial charge in [-0.3, -0.25) is 9.59 Å². The summed E-state index contributed by atoms with van der Waals surface area (Å²) in [4.78, 5) is 34.8. The first-order valence-electron chi connectivity index (χ1n) is 11.8. The van der Waals surface area contributed by atoms with E-state index in [2.05, 4.69) is 20.6 Å². The van der Waals surface area contributed by atoms with E-state index in [1.54, 1.807) is 55.6 Å². The number of methoxy groups -OCH3 is 2. The molecule has 2 N–H and O–H groups in total. The Bertz CT molecular complexity index is 1320. The molecule has 0 saturated carbocycles. The molecule has 2 aromatic heterocycles. The fourth-order valence-electron chi connectivity index (χ4n) is 3.88. The molecular weight excluding hydrogens is 474 g/mol. The Morgan fingerprint density at radius 3 is 2.32 bits per heavy atom. The first-order valence-corrected chi connectivity index (χ1v) is 11.8. The summed E-state index contributed by atoms with van der Waals surface area (Å²) < 4.78 is 15.8. The van der Waals surface area contributed by atoms with Crippen molar-refractivity contribution in [2.45, 2.75) is 6.92 Å². The number of piperazine rings is 1. The van der Waals surface area contributed by atoms with Crippen molar-refractivity contribution < 1.29 is 23.5 Å². The predicted molar refractivity (Wildman–Crippen MR) is 140 cm³/mol. The molecule has 1 aliphatic heterocycles. The molecule has 0 unspecified atom stereocenters. The molecule has 2 amide bonds. The van der Waals surface area contributed by atoms with Crippen LogP contribution in [0.4, 0.5) is 5.69 Å². The number of carbonyl (C=O) groups excluding carboxylic acids is 2. The number of benzene rings is 2. The number of anilines is 1. The molecule has 0 radical (unpaired) electrons. The second-order valence-electron chi connectivity index (χ2n) is 8.22. The van der Waals surface area contributed by atoms with Gasteiger partial charge in [-0.15, -0.1) is 0 Å². The van der Waals surface area contributed by atoms with Crippen molar-refractivity contribution >= 4 is 28.7 Å². The van der Waals surface area contributed by atoms with Gasteiger partial charge in [0, 0.05) is 56.1 Å². The van der Waals surface area contributed by atoms with Crippen LogP contribution in [0.3, 0.4) is 0 Å². The van der Waals surface area contributed by atoms with Crippen molar-refractivity contribution in [1.29, 1.82) is 0 Å². The molecule has 37 heavy (non-hydrogen) atoms. The third-order valence-corrected chi connectivity index (χ3v) is 5.61. The van der Waals surface area contributed by atoms with Crippen LogP contribution < -0.4 is 20.1 Å². The summed E-state index contributed by atoms with van der Waals surface area (Å²) >= 11 is 0. The average Bonchev–Trinajstić information content (AvgIpc) is 3.37. The first kappa shape index (κ1) is 25.6. The molecule has 2 aromatic carbocycles. The zero-order chi connectivity index (χ0) is 26.2. The lowest BCUT2D eigenvalue weighted by Crippen LogP contribution is -2.46. The topological polar surface area (TPSA) is 119 Å². The Balaban J connectivity index is 0.000000270. The lowest BCUT2D eigenvalue weighted by Gasteiger charge is -2.27. The van der Waals surface area contributed by atoms with Crippen molar-refractivity contribution in [1.82, 2.24) is 20.2 Å². The fourth-order valence-corrected chi connectivity index (χ4v) is 3.88. The SMILES string of the molecule is CC(=O)Nc1cc(C(=O)N2CCNCC2)cc(-c2nc3ncccc3o2)c1.COc1ccccc1OC. The maximum Gasteiger partial charge on any atom is 0.254 e. The first-order chi connectivity index (χ1) is 18.0. The summed E-state index contributed by atoms with van der Waals surface area (Å²) in [5, 5.41) is 5.97. The number of nitrogens with one attached hydrogen (secondary N) is 2. The van der Waals surface area contributed by atoms with E-state index in [1.807, 2.05) is 24.3 Å². The Labute approximate surface area is 214 Å². The van der Waals surface area contributed by atoms with Crippen molar-refractivity contribution in [3.8, 4) is 23.0 Å². The number of para-hydroxylation sites is 2. The second-order valence-corrected chi connectivity index (χ2v) is 8.22. The molecule has 0 bridgehead atoms. The molecule has 10 nitrogen and oxygen atoms in total. The highest BCUT2D eigenvalue weighted by Crippen LogP contribution is 2.28. The van der Waals surface area contributed by atoms with E-state index >= 15 is 0 Å². The molecule has 3 heterocycles. The van der Waals surface area contributed by atoms with Crippen molar-refractivity contribution in [3.63, 3.8) is 0 Å². The number of fused-ring (bicyclic) bond motifs is 1. The smallest absolute Gasteiger partial charge is 0.254 e. The summed E-state index contributed by atoms with van der Waals surface area (Å²) in [5.41, 5.74) is 2.67.